The van der Waals surface area contributed by atoms with Crippen molar-refractivity contribution in [2.75, 3.05) is 19.7 Å². The van der Waals surface area contributed by atoms with Crippen molar-refractivity contribution in [1.29, 1.82) is 0 Å². The lowest BCUT2D eigenvalue weighted by atomic mass is 9.97. The summed E-state index contributed by atoms with van der Waals surface area (Å²) in [5, 5.41) is 5.37. The van der Waals surface area contributed by atoms with E-state index in [1.807, 2.05) is 0 Å². The zero-order valence-corrected chi connectivity index (χ0v) is 25.0. The van der Waals surface area contributed by atoms with E-state index in [0.717, 1.165) is 32.1 Å². The molecule has 0 fully saturated rings. The maximum atomic E-state index is 13.8. The minimum absolute atomic E-state index is 0.00887. The summed E-state index contributed by atoms with van der Waals surface area (Å²) in [5.41, 5.74) is 0.224. The zero-order valence-electron chi connectivity index (χ0n) is 25.0. The molecule has 40 heavy (non-hydrogen) atoms. The molecule has 0 aromatic heterocycles. The minimum atomic E-state index is -1.07. The van der Waals surface area contributed by atoms with Crippen LogP contribution in [0.15, 0.2) is 24.3 Å². The third kappa shape index (κ3) is 12.5. The largest absolute Gasteiger partial charge is 0.466 e. The average Bonchev–Trinajstić information content (AvgIpc) is 2.88. The first kappa shape index (κ1) is 34.5. The molecule has 0 spiro atoms. The summed E-state index contributed by atoms with van der Waals surface area (Å²) in [6, 6.07) is 4.91. The van der Waals surface area contributed by atoms with Gasteiger partial charge in [0, 0.05) is 18.7 Å². The van der Waals surface area contributed by atoms with Crippen molar-refractivity contribution < 1.29 is 28.7 Å². The Hall–Kier alpha value is -3.54. The van der Waals surface area contributed by atoms with E-state index in [2.05, 4.69) is 23.5 Å². The first-order valence-electron chi connectivity index (χ1n) is 14.2. The van der Waals surface area contributed by atoms with Gasteiger partial charge in [0.2, 0.25) is 11.8 Å². The number of unbranched alkanes of at least 4 members (excludes halogenated alkanes) is 5. The Balaban J connectivity index is 3.32. The molecule has 1 aromatic carbocycles. The number of benzene rings is 1. The van der Waals surface area contributed by atoms with Gasteiger partial charge < -0.3 is 25.0 Å². The number of ether oxygens (including phenoxy) is 2. The number of rotatable bonds is 16. The quantitative estimate of drug-likeness (QED) is 0.170. The van der Waals surface area contributed by atoms with Crippen LogP contribution in [0.2, 0.25) is 0 Å². The van der Waals surface area contributed by atoms with Crippen LogP contribution in [-0.4, -0.2) is 60.1 Å². The van der Waals surface area contributed by atoms with Gasteiger partial charge in [-0.1, -0.05) is 63.1 Å². The van der Waals surface area contributed by atoms with Crippen molar-refractivity contribution in [3.63, 3.8) is 0 Å². The standard InChI is InChI=1S/C31H47N3O6/c1-8-11-12-13-14-17-22-34(29(37)23(4)33-30(38)40-31(5,6)7)27(25-19-16-15-18-24(25)9-2)28(36)32-21-20-26(35)39-10-3/h2,15-16,18-19,23,27H,8,10-14,17,20-22H2,1,3-7H3,(H,32,36)(H,33,38). The Morgan fingerprint density at radius 2 is 1.68 bits per heavy atom. The number of nitrogens with zero attached hydrogens (tertiary/aromatic N) is 1. The van der Waals surface area contributed by atoms with Crippen molar-refractivity contribution in [1.82, 2.24) is 15.5 Å². The van der Waals surface area contributed by atoms with Crippen molar-refractivity contribution in [3.8, 4) is 12.3 Å². The molecule has 0 saturated carbocycles. The van der Waals surface area contributed by atoms with Crippen molar-refractivity contribution in [2.45, 2.75) is 104 Å². The van der Waals surface area contributed by atoms with Gasteiger partial charge in [0.1, 0.15) is 17.7 Å². The molecule has 222 valence electrons. The number of amides is 3. The van der Waals surface area contributed by atoms with Crippen LogP contribution in [-0.2, 0) is 23.9 Å². The highest BCUT2D eigenvalue weighted by atomic mass is 16.6. The highest BCUT2D eigenvalue weighted by molar-refractivity contribution is 5.92. The summed E-state index contributed by atoms with van der Waals surface area (Å²) in [7, 11) is 0. The second-order valence-corrected chi connectivity index (χ2v) is 10.6. The first-order chi connectivity index (χ1) is 18.9. The van der Waals surface area contributed by atoms with E-state index in [0.29, 0.717) is 17.5 Å². The molecule has 9 nitrogen and oxygen atoms in total. The Morgan fingerprint density at radius 3 is 2.30 bits per heavy atom. The molecule has 3 amide bonds. The van der Waals surface area contributed by atoms with E-state index >= 15 is 0 Å². The topological polar surface area (TPSA) is 114 Å². The Kier molecular flexibility index (Phi) is 15.5. The lowest BCUT2D eigenvalue weighted by Crippen LogP contribution is -2.52. The van der Waals surface area contributed by atoms with Crippen LogP contribution in [0.3, 0.4) is 0 Å². The van der Waals surface area contributed by atoms with Crippen LogP contribution in [0.25, 0.3) is 0 Å². The average molecular weight is 558 g/mol. The highest BCUT2D eigenvalue weighted by Gasteiger charge is 2.35. The summed E-state index contributed by atoms with van der Waals surface area (Å²) in [4.78, 5) is 53.2. The van der Waals surface area contributed by atoms with E-state index in [1.165, 1.54) is 4.90 Å². The monoisotopic (exact) mass is 557 g/mol. The van der Waals surface area contributed by atoms with E-state index in [9.17, 15) is 19.2 Å². The van der Waals surface area contributed by atoms with Gasteiger partial charge in [0.15, 0.2) is 0 Å². The van der Waals surface area contributed by atoms with Crippen molar-refractivity contribution in [3.05, 3.63) is 35.4 Å². The maximum absolute atomic E-state index is 13.8. The molecule has 9 heteroatoms. The molecule has 2 atom stereocenters. The molecular formula is C31H47N3O6. The summed E-state index contributed by atoms with van der Waals surface area (Å²) in [6.45, 7) is 11.2. The molecule has 0 bridgehead atoms. The molecule has 0 aliphatic heterocycles. The fourth-order valence-electron chi connectivity index (χ4n) is 4.16. The number of esters is 1. The SMILES string of the molecule is C#Cc1ccccc1C(C(=O)NCCC(=O)OCC)N(CCCCCCCC)C(=O)C(C)NC(=O)OC(C)(C)C. The predicted molar refractivity (Wildman–Crippen MR) is 155 cm³/mol. The number of carbonyl (C=O) groups excluding carboxylic acids is 4. The maximum Gasteiger partial charge on any atom is 0.408 e. The normalized spacial score (nSPS) is 12.4. The number of hydrogen-bond acceptors (Lipinski definition) is 6. The fraction of sp³-hybridized carbons (Fsp3) is 0.613. The van der Waals surface area contributed by atoms with Crippen molar-refractivity contribution >= 4 is 23.9 Å². The third-order valence-corrected chi connectivity index (χ3v) is 6.04. The van der Waals surface area contributed by atoms with Gasteiger partial charge in [-0.3, -0.25) is 14.4 Å². The van der Waals surface area contributed by atoms with E-state index in [1.54, 1.807) is 58.9 Å². The van der Waals surface area contributed by atoms with E-state index < -0.39 is 41.6 Å². The summed E-state index contributed by atoms with van der Waals surface area (Å²) in [5.74, 6) is 1.26. The fourth-order valence-corrected chi connectivity index (χ4v) is 4.16. The van der Waals surface area contributed by atoms with E-state index in [4.69, 9.17) is 15.9 Å². The van der Waals surface area contributed by atoms with Gasteiger partial charge in [-0.15, -0.1) is 6.42 Å². The Labute approximate surface area is 239 Å². The van der Waals surface area contributed by atoms with Gasteiger partial charge in [0.25, 0.3) is 0 Å². The summed E-state index contributed by atoms with van der Waals surface area (Å²) >= 11 is 0. The molecule has 0 heterocycles. The zero-order chi connectivity index (χ0) is 30.1. The lowest BCUT2D eigenvalue weighted by Gasteiger charge is -2.34. The Morgan fingerprint density at radius 1 is 1.02 bits per heavy atom. The van der Waals surface area contributed by atoms with Gasteiger partial charge in [-0.05, 0) is 52.7 Å². The number of hydrogen-bond donors (Lipinski definition) is 2. The molecule has 2 unspecified atom stereocenters. The van der Waals surface area contributed by atoms with Crippen LogP contribution in [0.1, 0.15) is 104 Å². The summed E-state index contributed by atoms with van der Waals surface area (Å²) < 4.78 is 10.3. The number of carbonyl (C=O) groups is 4. The summed E-state index contributed by atoms with van der Waals surface area (Å²) in [6.07, 6.45) is 10.9. The number of nitrogens with one attached hydrogen (secondary N) is 2. The van der Waals surface area contributed by atoms with E-state index in [-0.39, 0.29) is 26.1 Å². The van der Waals surface area contributed by atoms with Gasteiger partial charge in [-0.2, -0.15) is 0 Å². The van der Waals surface area contributed by atoms with Crippen LogP contribution in [0.5, 0.6) is 0 Å². The molecule has 1 rings (SSSR count). The molecule has 2 N–H and O–H groups in total. The number of alkyl carbamates (subject to hydrolysis) is 1. The van der Waals surface area contributed by atoms with Crippen molar-refractivity contribution in [2.24, 2.45) is 0 Å². The first-order valence-corrected chi connectivity index (χ1v) is 14.2. The molecule has 0 saturated heterocycles. The van der Waals surface area contributed by atoms with Gasteiger partial charge in [0.05, 0.1) is 13.0 Å². The lowest BCUT2D eigenvalue weighted by molar-refractivity contribution is -0.144. The third-order valence-electron chi connectivity index (χ3n) is 6.04. The van der Waals surface area contributed by atoms with Crippen LogP contribution in [0.4, 0.5) is 4.79 Å². The minimum Gasteiger partial charge on any atom is -0.466 e. The predicted octanol–water partition coefficient (Wildman–Crippen LogP) is 4.88. The molecule has 0 radical (unpaired) electrons. The second kappa shape index (κ2) is 17.9. The molecule has 1 aromatic rings. The Bertz CT molecular complexity index is 1010. The van der Waals surface area contributed by atoms with Gasteiger partial charge >= 0.3 is 12.1 Å². The smallest absolute Gasteiger partial charge is 0.408 e. The molecule has 0 aliphatic rings. The highest BCUT2D eigenvalue weighted by Crippen LogP contribution is 2.26. The van der Waals surface area contributed by atoms with Crippen LogP contribution < -0.4 is 10.6 Å². The second-order valence-electron chi connectivity index (χ2n) is 10.6. The molecule has 0 aliphatic carbocycles. The van der Waals surface area contributed by atoms with Crippen LogP contribution in [0, 0.1) is 12.3 Å². The molecular weight excluding hydrogens is 510 g/mol. The van der Waals surface area contributed by atoms with Crippen LogP contribution >= 0.6 is 0 Å². The van der Waals surface area contributed by atoms with Gasteiger partial charge in [-0.25, -0.2) is 4.79 Å². The number of terminal acetylenes is 1.